The van der Waals surface area contributed by atoms with Gasteiger partial charge in [-0.25, -0.2) is 13.8 Å². The van der Waals surface area contributed by atoms with Gasteiger partial charge in [0.1, 0.15) is 17.6 Å². The summed E-state index contributed by atoms with van der Waals surface area (Å²) in [7, 11) is 0. The lowest BCUT2D eigenvalue weighted by atomic mass is 9.98. The molecule has 3 aromatic carbocycles. The first-order valence-corrected chi connectivity index (χ1v) is 20.9. The highest BCUT2D eigenvalue weighted by Gasteiger charge is 2.46. The minimum absolute atomic E-state index is 0.0396. The molecular weight excluding hydrogens is 803 g/mol. The van der Waals surface area contributed by atoms with Crippen LogP contribution in [0.15, 0.2) is 53.1 Å². The average molecular weight is 845 g/mol. The third-order valence-corrected chi connectivity index (χ3v) is 13.1. The topological polar surface area (TPSA) is 171 Å². The Morgan fingerprint density at radius 3 is 2.21 bits per heavy atom. The van der Waals surface area contributed by atoms with Crippen LogP contribution in [0.1, 0.15) is 106 Å². The molecule has 5 aromatic rings. The Bertz CT molecular complexity index is 2710. The van der Waals surface area contributed by atoms with Crippen LogP contribution in [0, 0.1) is 25.5 Å². The van der Waals surface area contributed by atoms with Crippen LogP contribution in [0.25, 0.3) is 22.2 Å². The van der Waals surface area contributed by atoms with Crippen molar-refractivity contribution in [3.8, 4) is 11.1 Å². The molecule has 1 unspecified atom stereocenters. The van der Waals surface area contributed by atoms with Gasteiger partial charge in [0.05, 0.1) is 40.4 Å². The summed E-state index contributed by atoms with van der Waals surface area (Å²) in [6, 6.07) is 11.2. The van der Waals surface area contributed by atoms with E-state index in [0.717, 1.165) is 50.5 Å². The Balaban J connectivity index is 0.874. The summed E-state index contributed by atoms with van der Waals surface area (Å²) in [5.74, 6) is -3.22. The number of amides is 6. The number of imide groups is 2. The number of carbonyl (C=O) groups excluding carboxylic acids is 6. The zero-order valence-corrected chi connectivity index (χ0v) is 34.1. The van der Waals surface area contributed by atoms with Crippen LogP contribution in [0.4, 0.5) is 14.5 Å². The maximum atomic E-state index is 14.6. The van der Waals surface area contributed by atoms with Gasteiger partial charge in [-0.2, -0.15) is 0 Å². The van der Waals surface area contributed by atoms with E-state index in [4.69, 9.17) is 9.51 Å². The average Bonchev–Trinajstić information content (AvgIpc) is 3.99. The first kappa shape index (κ1) is 39.5. The molecule has 10 rings (SSSR count). The SMILES string of the molecule is Cc1noc(C)c1-c1ccc2c(c1)nc([C@@H]1CCCC(=O)N1c1ccc(F)c(F)c1)n2C1CCN(C(=O)CN2Cc3cc4c(cc3C2)C(=O)N(C2CCC(=O)NC2=O)C4=O)CC1. The normalized spacial score (nSPS) is 21.0. The van der Waals surface area contributed by atoms with E-state index < -0.39 is 47.3 Å². The van der Waals surface area contributed by atoms with Gasteiger partial charge >= 0.3 is 0 Å². The second-order valence-electron chi connectivity index (χ2n) is 16.9. The van der Waals surface area contributed by atoms with Crippen molar-refractivity contribution in [3.05, 3.63) is 99.7 Å². The van der Waals surface area contributed by atoms with E-state index in [-0.39, 0.29) is 60.5 Å². The van der Waals surface area contributed by atoms with Crippen molar-refractivity contribution < 1.29 is 42.1 Å². The number of piperidine rings is 3. The molecule has 5 aliphatic rings. The third-order valence-electron chi connectivity index (χ3n) is 13.1. The molecule has 1 N–H and O–H groups in total. The number of nitrogens with zero attached hydrogens (tertiary/aromatic N) is 7. The Kier molecular flexibility index (Phi) is 9.61. The van der Waals surface area contributed by atoms with Crippen molar-refractivity contribution in [3.63, 3.8) is 0 Å². The second kappa shape index (κ2) is 15.1. The highest BCUT2D eigenvalue weighted by atomic mass is 19.2. The van der Waals surface area contributed by atoms with E-state index >= 15 is 0 Å². The number of benzene rings is 3. The van der Waals surface area contributed by atoms with Gasteiger partial charge in [-0.1, -0.05) is 11.2 Å². The van der Waals surface area contributed by atoms with Crippen molar-refractivity contribution >= 4 is 52.2 Å². The molecule has 17 heteroatoms. The molecule has 3 saturated heterocycles. The number of rotatable bonds is 7. The highest BCUT2D eigenvalue weighted by Crippen LogP contribution is 2.41. The molecular formula is C45H42F2N8O7. The number of anilines is 1. The summed E-state index contributed by atoms with van der Waals surface area (Å²) in [4.78, 5) is 90.0. The minimum atomic E-state index is -1.04. The first-order valence-electron chi connectivity index (χ1n) is 20.9. The number of likely N-dealkylation sites (tertiary alicyclic amines) is 1. The molecule has 318 valence electrons. The fourth-order valence-electron chi connectivity index (χ4n) is 10.1. The van der Waals surface area contributed by atoms with Gasteiger partial charge in [-0.05, 0) is 99.0 Å². The van der Waals surface area contributed by atoms with Crippen molar-refractivity contribution in [2.75, 3.05) is 24.5 Å². The van der Waals surface area contributed by atoms with Gasteiger partial charge in [0.25, 0.3) is 11.8 Å². The van der Waals surface area contributed by atoms with Gasteiger partial charge in [-0.3, -0.25) is 43.9 Å². The van der Waals surface area contributed by atoms with Crippen molar-refractivity contribution in [1.82, 2.24) is 34.7 Å². The fourth-order valence-corrected chi connectivity index (χ4v) is 10.1. The number of nitrogens with one attached hydrogen (secondary N) is 1. The first-order chi connectivity index (χ1) is 29.8. The van der Waals surface area contributed by atoms with E-state index in [1.807, 2.05) is 41.8 Å². The Labute approximate surface area is 353 Å². The molecule has 2 atom stereocenters. The van der Waals surface area contributed by atoms with Crippen LogP contribution in [0.3, 0.4) is 0 Å². The molecule has 7 heterocycles. The predicted molar refractivity (Wildman–Crippen MR) is 217 cm³/mol. The highest BCUT2D eigenvalue weighted by molar-refractivity contribution is 6.23. The lowest BCUT2D eigenvalue weighted by Gasteiger charge is -2.38. The zero-order valence-electron chi connectivity index (χ0n) is 34.1. The van der Waals surface area contributed by atoms with Crippen LogP contribution >= 0.6 is 0 Å². The number of halogens is 2. The van der Waals surface area contributed by atoms with Crippen LogP contribution in [0.2, 0.25) is 0 Å². The van der Waals surface area contributed by atoms with Crippen molar-refractivity contribution in [2.24, 2.45) is 0 Å². The second-order valence-corrected chi connectivity index (χ2v) is 16.9. The summed E-state index contributed by atoms with van der Waals surface area (Å²) >= 11 is 0. The van der Waals surface area contributed by atoms with Gasteiger partial charge in [0, 0.05) is 62.4 Å². The number of hydrogen-bond donors (Lipinski definition) is 1. The molecule has 0 radical (unpaired) electrons. The van der Waals surface area contributed by atoms with E-state index in [9.17, 15) is 37.5 Å². The number of imidazole rings is 1. The molecule has 2 aromatic heterocycles. The van der Waals surface area contributed by atoms with Crippen LogP contribution < -0.4 is 10.2 Å². The Morgan fingerprint density at radius 2 is 1.55 bits per heavy atom. The maximum absolute atomic E-state index is 14.6. The molecule has 3 fully saturated rings. The smallest absolute Gasteiger partial charge is 0.262 e. The quantitative estimate of drug-likeness (QED) is 0.209. The summed E-state index contributed by atoms with van der Waals surface area (Å²) < 4.78 is 36.3. The fraction of sp³-hybridized carbons (Fsp3) is 0.378. The van der Waals surface area contributed by atoms with Crippen LogP contribution in [-0.4, -0.2) is 90.5 Å². The molecule has 0 saturated carbocycles. The van der Waals surface area contributed by atoms with E-state index in [0.29, 0.717) is 69.0 Å². The van der Waals surface area contributed by atoms with Gasteiger partial charge < -0.3 is 18.9 Å². The van der Waals surface area contributed by atoms with Gasteiger partial charge in [-0.15, -0.1) is 0 Å². The van der Waals surface area contributed by atoms with Crippen LogP contribution in [-0.2, 0) is 32.3 Å². The summed E-state index contributed by atoms with van der Waals surface area (Å²) in [5, 5.41) is 6.34. The van der Waals surface area contributed by atoms with Crippen LogP contribution in [0.5, 0.6) is 0 Å². The molecule has 62 heavy (non-hydrogen) atoms. The maximum Gasteiger partial charge on any atom is 0.262 e. The Morgan fingerprint density at radius 1 is 0.823 bits per heavy atom. The van der Waals surface area contributed by atoms with Gasteiger partial charge in [0.2, 0.25) is 23.6 Å². The van der Waals surface area contributed by atoms with E-state index in [1.54, 1.807) is 17.0 Å². The van der Waals surface area contributed by atoms with Crippen molar-refractivity contribution in [1.29, 1.82) is 0 Å². The minimum Gasteiger partial charge on any atom is -0.361 e. The lowest BCUT2D eigenvalue weighted by molar-refractivity contribution is -0.136. The van der Waals surface area contributed by atoms with Gasteiger partial charge in [0.15, 0.2) is 11.6 Å². The summed E-state index contributed by atoms with van der Waals surface area (Å²) in [6.45, 7) is 5.59. The van der Waals surface area contributed by atoms with E-state index in [1.165, 1.54) is 6.07 Å². The standard InChI is InChI=1S/C45H42F2N8O7/c1-23-41(24(2)62-50-23)25-6-9-35-34(18-25)48-42(36-4-3-5-39(57)53(36)29-7-8-32(46)33(47)19-29)54(35)28-12-14-52(15-13-28)40(58)22-51-20-26-16-30-31(17-27(26)21-51)45(61)55(44(30)60)37-10-11-38(56)49-43(37)59/h6-9,16-19,28,36-37H,3-5,10-15,20-22H2,1-2H3,(H,49,56,59)/t36-,37?/m0/s1. The molecule has 15 nitrogen and oxygen atoms in total. The van der Waals surface area contributed by atoms with E-state index in [2.05, 4.69) is 15.0 Å². The largest absolute Gasteiger partial charge is 0.361 e. The summed E-state index contributed by atoms with van der Waals surface area (Å²) in [5.41, 5.74) is 6.39. The molecule has 0 spiro atoms. The third kappa shape index (κ3) is 6.56. The number of carbonyl (C=O) groups is 6. The molecule has 0 bridgehead atoms. The number of hydrogen-bond acceptors (Lipinski definition) is 10. The zero-order chi connectivity index (χ0) is 43.1. The number of fused-ring (bicyclic) bond motifs is 3. The number of aryl methyl sites for hydroxylation is 2. The molecule has 0 aliphatic carbocycles. The molecule has 6 amide bonds. The lowest BCUT2D eigenvalue weighted by Crippen LogP contribution is -2.54. The van der Waals surface area contributed by atoms with Crippen molar-refractivity contribution in [2.45, 2.75) is 90.0 Å². The summed E-state index contributed by atoms with van der Waals surface area (Å²) in [6.07, 6.45) is 2.73. The Hall–Kier alpha value is -6.62. The monoisotopic (exact) mass is 844 g/mol. The number of aromatic nitrogens is 3. The molecule has 5 aliphatic heterocycles. The predicted octanol–water partition coefficient (Wildman–Crippen LogP) is 5.43.